The van der Waals surface area contributed by atoms with Gasteiger partial charge in [0, 0.05) is 82.3 Å². The maximum absolute atomic E-state index is 5.96. The first kappa shape index (κ1) is 43.2. The van der Waals surface area contributed by atoms with Crippen molar-refractivity contribution < 1.29 is 26.6 Å². The van der Waals surface area contributed by atoms with E-state index in [0.717, 1.165) is 12.1 Å². The second-order valence-electron chi connectivity index (χ2n) is 8.78. The Morgan fingerprint density at radius 2 is 0.744 bits per heavy atom. The number of rotatable bonds is 31. The highest BCUT2D eigenvalue weighted by Crippen LogP contribution is 2.43. The lowest BCUT2D eigenvalue weighted by molar-refractivity contribution is 0.0703. The topological polar surface area (TPSA) is 55.4 Å². The van der Waals surface area contributed by atoms with Crippen LogP contribution in [0.3, 0.4) is 0 Å². The second kappa shape index (κ2) is 31.5. The molecular formula is C25H62O6S4Si4. The minimum atomic E-state index is -2.42. The Kier molecular flexibility index (Phi) is 34.8. The van der Waals surface area contributed by atoms with Crippen molar-refractivity contribution >= 4 is 77.9 Å². The van der Waals surface area contributed by atoms with E-state index in [1.165, 1.54) is 61.4 Å². The van der Waals surface area contributed by atoms with Gasteiger partial charge < -0.3 is 26.6 Å². The van der Waals surface area contributed by atoms with E-state index in [9.17, 15) is 0 Å². The van der Waals surface area contributed by atoms with E-state index in [0.29, 0.717) is 39.6 Å². The number of hydrogen-bond donors (Lipinski definition) is 0. The minimum Gasteiger partial charge on any atom is -0.374 e. The highest BCUT2D eigenvalue weighted by atomic mass is 33.7. The van der Waals surface area contributed by atoms with Crippen molar-refractivity contribution in [3.05, 3.63) is 0 Å². The van der Waals surface area contributed by atoms with Crippen LogP contribution in [-0.4, -0.2) is 87.8 Å². The van der Waals surface area contributed by atoms with Crippen LogP contribution >= 0.6 is 41.2 Å². The van der Waals surface area contributed by atoms with Crippen molar-refractivity contribution in [3.8, 4) is 0 Å². The summed E-state index contributed by atoms with van der Waals surface area (Å²) in [6.45, 7) is 16.3. The standard InChI is InChI=1S/C24H58O6S4Si4.CH4/c1-7-25-37(26-8-2,27-9-3)23-15-21-35-19-13-17-31-33-34-32-18-14-20-36-22-16-24-38(28-10-4,29-11-5)30-12-6;/h7-24,35-36H2,1-6H3;1H4. The van der Waals surface area contributed by atoms with Crippen LogP contribution in [0.15, 0.2) is 0 Å². The molecule has 0 aliphatic carbocycles. The fourth-order valence-electron chi connectivity index (χ4n) is 4.18. The smallest absolute Gasteiger partial charge is 0.374 e. The summed E-state index contributed by atoms with van der Waals surface area (Å²) in [6, 6.07) is 7.62. The fourth-order valence-corrected chi connectivity index (χ4v) is 20.7. The van der Waals surface area contributed by atoms with E-state index >= 15 is 0 Å². The second-order valence-corrected chi connectivity index (χ2v) is 24.7. The molecule has 0 amide bonds. The van der Waals surface area contributed by atoms with E-state index in [4.69, 9.17) is 26.6 Å². The van der Waals surface area contributed by atoms with Crippen LogP contribution in [-0.2, 0) is 26.6 Å². The minimum absolute atomic E-state index is 0. The molecule has 0 rings (SSSR count). The van der Waals surface area contributed by atoms with Crippen molar-refractivity contribution in [2.45, 2.75) is 111 Å². The third-order valence-corrected chi connectivity index (χ3v) is 22.7. The lowest BCUT2D eigenvalue weighted by atomic mass is 10.6. The Labute approximate surface area is 265 Å². The Morgan fingerprint density at radius 3 is 1.03 bits per heavy atom. The molecule has 14 heteroatoms. The monoisotopic (exact) mass is 698 g/mol. The maximum Gasteiger partial charge on any atom is 0.500 e. The zero-order valence-corrected chi connectivity index (χ0v) is 33.3. The lowest BCUT2D eigenvalue weighted by Gasteiger charge is -2.28. The molecule has 0 aromatic heterocycles. The van der Waals surface area contributed by atoms with Crippen LogP contribution in [0.1, 0.15) is 74.7 Å². The Hall–Kier alpha value is 2.03. The summed E-state index contributed by atoms with van der Waals surface area (Å²) < 4.78 is 35.8. The van der Waals surface area contributed by atoms with Crippen LogP contribution in [0.5, 0.6) is 0 Å². The molecule has 0 bridgehead atoms. The summed E-state index contributed by atoms with van der Waals surface area (Å²) in [4.78, 5) is 0. The molecule has 0 atom stereocenters. The molecule has 0 aromatic rings. The van der Waals surface area contributed by atoms with Crippen molar-refractivity contribution in [3.63, 3.8) is 0 Å². The highest BCUT2D eigenvalue weighted by Gasteiger charge is 2.40. The van der Waals surface area contributed by atoms with Gasteiger partial charge in [0.05, 0.1) is 0 Å². The van der Waals surface area contributed by atoms with Gasteiger partial charge in [-0.1, -0.05) is 66.0 Å². The molecule has 0 fully saturated rings. The average Bonchev–Trinajstić information content (AvgIpc) is 2.89. The molecule has 0 N–H and O–H groups in total. The average molecular weight is 699 g/mol. The molecule has 39 heavy (non-hydrogen) atoms. The molecule has 0 radical (unpaired) electrons. The summed E-state index contributed by atoms with van der Waals surface area (Å²) in [7, 11) is 3.23. The van der Waals surface area contributed by atoms with E-state index in [-0.39, 0.29) is 26.5 Å². The van der Waals surface area contributed by atoms with Crippen molar-refractivity contribution in [1.82, 2.24) is 0 Å². The van der Waals surface area contributed by atoms with Gasteiger partial charge in [0.25, 0.3) is 0 Å². The van der Waals surface area contributed by atoms with E-state index in [1.54, 1.807) is 0 Å². The van der Waals surface area contributed by atoms with Gasteiger partial charge in [-0.05, 0) is 74.0 Å². The van der Waals surface area contributed by atoms with Gasteiger partial charge in [-0.3, -0.25) is 0 Å². The summed E-state index contributed by atoms with van der Waals surface area (Å²) in [5.74, 6) is 2.56. The van der Waals surface area contributed by atoms with Crippen LogP contribution in [0.4, 0.5) is 0 Å². The zero-order chi connectivity index (χ0) is 28.2. The summed E-state index contributed by atoms with van der Waals surface area (Å²) in [5, 5.41) is 0. The van der Waals surface area contributed by atoms with Gasteiger partial charge in [0.1, 0.15) is 0 Å². The molecule has 0 aromatic carbocycles. The molecule has 0 aliphatic heterocycles. The van der Waals surface area contributed by atoms with E-state index in [2.05, 4.69) is 0 Å². The maximum atomic E-state index is 5.96. The van der Waals surface area contributed by atoms with Crippen LogP contribution in [0.25, 0.3) is 0 Å². The van der Waals surface area contributed by atoms with Gasteiger partial charge in [0.15, 0.2) is 0 Å². The first-order valence-corrected chi connectivity index (χ1v) is 28.0. The Morgan fingerprint density at radius 1 is 0.462 bits per heavy atom. The Bertz CT molecular complexity index is 431. The first-order valence-electron chi connectivity index (χ1n) is 15.0. The fraction of sp³-hybridized carbons (Fsp3) is 1.00. The predicted octanol–water partition coefficient (Wildman–Crippen LogP) is 7.97. The van der Waals surface area contributed by atoms with Crippen LogP contribution in [0.2, 0.25) is 36.3 Å². The molecule has 0 aliphatic rings. The van der Waals surface area contributed by atoms with E-state index < -0.39 is 17.6 Å². The number of hydrogen-bond acceptors (Lipinski definition) is 10. The predicted molar refractivity (Wildman–Crippen MR) is 192 cm³/mol. The third-order valence-electron chi connectivity index (χ3n) is 5.73. The molecular weight excluding hydrogens is 637 g/mol. The normalized spacial score (nSPS) is 12.8. The van der Waals surface area contributed by atoms with Gasteiger partial charge >= 0.3 is 17.6 Å². The summed E-state index contributed by atoms with van der Waals surface area (Å²) in [5.41, 5.74) is 0. The SMILES string of the molecule is C.CCO[Si](CCC[SiH2]CCCSSSSCCC[SiH2]CCC[Si](OCC)(OCC)OCC)(OCC)OCC. The largest absolute Gasteiger partial charge is 0.500 e. The van der Waals surface area contributed by atoms with Crippen LogP contribution < -0.4 is 0 Å². The van der Waals surface area contributed by atoms with Crippen LogP contribution in [0, 0.1) is 0 Å². The molecule has 0 unspecified atom stereocenters. The molecule has 0 heterocycles. The molecule has 0 saturated heterocycles. The van der Waals surface area contributed by atoms with Gasteiger partial charge in [-0.2, -0.15) is 0 Å². The van der Waals surface area contributed by atoms with Crippen molar-refractivity contribution in [2.24, 2.45) is 0 Å². The van der Waals surface area contributed by atoms with Crippen molar-refractivity contribution in [2.75, 3.05) is 51.1 Å². The highest BCUT2D eigenvalue weighted by molar-refractivity contribution is 9.26. The Balaban J connectivity index is 0. The quantitative estimate of drug-likeness (QED) is 0.0405. The summed E-state index contributed by atoms with van der Waals surface area (Å²) >= 11 is 0. The van der Waals surface area contributed by atoms with Gasteiger partial charge in [0.2, 0.25) is 0 Å². The third kappa shape index (κ3) is 24.1. The molecule has 0 spiro atoms. The van der Waals surface area contributed by atoms with Gasteiger partial charge in [-0.15, -0.1) is 0 Å². The van der Waals surface area contributed by atoms with Gasteiger partial charge in [-0.25, -0.2) is 0 Å². The lowest BCUT2D eigenvalue weighted by Crippen LogP contribution is -2.45. The first-order chi connectivity index (χ1) is 18.6. The van der Waals surface area contributed by atoms with E-state index in [1.807, 2.05) is 82.8 Å². The molecule has 6 nitrogen and oxygen atoms in total. The molecule has 0 saturated carbocycles. The molecule has 238 valence electrons. The summed E-state index contributed by atoms with van der Waals surface area (Å²) in [6.07, 6.45) is 5.13. The van der Waals surface area contributed by atoms with Crippen molar-refractivity contribution in [1.29, 1.82) is 0 Å². The zero-order valence-electron chi connectivity index (χ0n) is 25.2.